The molecule has 0 spiro atoms. The van der Waals surface area contributed by atoms with Gasteiger partial charge in [-0.25, -0.2) is 0 Å². The molecule has 6 nitrogen and oxygen atoms in total. The summed E-state index contributed by atoms with van der Waals surface area (Å²) < 4.78 is 6.40. The lowest BCUT2D eigenvalue weighted by molar-refractivity contribution is -0.132. The highest BCUT2D eigenvalue weighted by atomic mass is 79.9. The average molecular weight is 577 g/mol. The number of ether oxygens (including phenoxy) is 1. The van der Waals surface area contributed by atoms with E-state index in [4.69, 9.17) is 4.74 Å². The molecule has 0 saturated heterocycles. The van der Waals surface area contributed by atoms with Crippen molar-refractivity contribution in [3.63, 3.8) is 0 Å². The number of H-pyrrole nitrogens is 1. The van der Waals surface area contributed by atoms with Gasteiger partial charge in [-0.2, -0.15) is 0 Å². The van der Waals surface area contributed by atoms with Crippen molar-refractivity contribution in [3.8, 4) is 5.75 Å². The Bertz CT molecular complexity index is 1380. The lowest BCUT2D eigenvalue weighted by Crippen LogP contribution is -2.46. The Hall–Kier alpha value is -3.58. The maximum atomic E-state index is 13.7. The van der Waals surface area contributed by atoms with Gasteiger partial charge in [0.15, 0.2) is 0 Å². The summed E-state index contributed by atoms with van der Waals surface area (Å²) in [6.45, 7) is 7.42. The minimum Gasteiger partial charge on any atom is -0.494 e. The number of aromatic nitrogens is 1. The molecule has 1 aromatic heterocycles. The van der Waals surface area contributed by atoms with Crippen molar-refractivity contribution in [1.82, 2.24) is 14.8 Å². The molecule has 4 rings (SSSR count). The second kappa shape index (κ2) is 12.8. The minimum absolute atomic E-state index is 0.00786. The van der Waals surface area contributed by atoms with Crippen LogP contribution in [0.5, 0.6) is 5.75 Å². The molecular weight excluding hydrogens is 542 g/mol. The molecule has 1 N–H and O–H groups in total. The predicted molar refractivity (Wildman–Crippen MR) is 155 cm³/mol. The van der Waals surface area contributed by atoms with Crippen LogP contribution >= 0.6 is 15.9 Å². The molecule has 2 amide bonds. The Balaban J connectivity index is 1.55. The number of carbonyl (C=O) groups excluding carboxylic acids is 2. The zero-order valence-electron chi connectivity index (χ0n) is 22.1. The van der Waals surface area contributed by atoms with Gasteiger partial charge in [-0.1, -0.05) is 52.3 Å². The van der Waals surface area contributed by atoms with Crippen molar-refractivity contribution in [2.45, 2.75) is 39.8 Å². The van der Waals surface area contributed by atoms with Gasteiger partial charge in [-0.05, 0) is 74.7 Å². The third kappa shape index (κ3) is 6.84. The number of hydrogen-bond acceptors (Lipinski definition) is 3. The smallest absolute Gasteiger partial charge is 0.254 e. The number of aromatic amines is 1. The Morgan fingerprint density at radius 3 is 2.47 bits per heavy atom. The van der Waals surface area contributed by atoms with E-state index in [1.54, 1.807) is 17.0 Å². The molecule has 0 radical (unpaired) electrons. The fraction of sp³-hybridized carbons (Fsp3) is 0.290. The number of para-hydroxylation sites is 1. The van der Waals surface area contributed by atoms with E-state index < -0.39 is 0 Å². The lowest BCUT2D eigenvalue weighted by Gasteiger charge is -2.30. The number of fused-ring (bicyclic) bond motifs is 1. The first-order valence-corrected chi connectivity index (χ1v) is 13.8. The van der Waals surface area contributed by atoms with Gasteiger partial charge in [0, 0.05) is 46.3 Å². The highest BCUT2D eigenvalue weighted by Crippen LogP contribution is 2.20. The highest BCUT2D eigenvalue weighted by molar-refractivity contribution is 9.10. The monoisotopic (exact) mass is 575 g/mol. The van der Waals surface area contributed by atoms with Crippen LogP contribution in [0.15, 0.2) is 83.5 Å². The van der Waals surface area contributed by atoms with Crippen LogP contribution in [-0.2, 0) is 17.8 Å². The standard InChI is InChI=1S/C31H34BrN3O3/c1-4-38-27-14-12-23(13-15-27)20-34(17-16-25-19-33-29-11-6-5-10-28(25)29)30(36)21-35(22(2)3)31(37)24-8-7-9-26(32)18-24/h5-15,18-19,22,33H,4,16-17,20-21H2,1-3H3. The Kier molecular flexibility index (Phi) is 9.24. The van der Waals surface area contributed by atoms with Crippen molar-refractivity contribution >= 4 is 38.6 Å². The molecule has 1 heterocycles. The summed E-state index contributed by atoms with van der Waals surface area (Å²) in [6.07, 6.45) is 2.72. The summed E-state index contributed by atoms with van der Waals surface area (Å²) in [5, 5.41) is 1.16. The summed E-state index contributed by atoms with van der Waals surface area (Å²) in [7, 11) is 0. The van der Waals surface area contributed by atoms with E-state index in [9.17, 15) is 9.59 Å². The van der Waals surface area contributed by atoms with Gasteiger partial charge in [0.05, 0.1) is 6.61 Å². The number of halogens is 1. The fourth-order valence-electron chi connectivity index (χ4n) is 4.49. The van der Waals surface area contributed by atoms with E-state index in [0.717, 1.165) is 32.3 Å². The largest absolute Gasteiger partial charge is 0.494 e. The lowest BCUT2D eigenvalue weighted by atomic mass is 10.1. The Morgan fingerprint density at radius 2 is 1.76 bits per heavy atom. The third-order valence-electron chi connectivity index (χ3n) is 6.55. The van der Waals surface area contributed by atoms with Crippen LogP contribution in [0, 0.1) is 0 Å². The number of nitrogens with zero attached hydrogens (tertiary/aromatic N) is 2. The maximum Gasteiger partial charge on any atom is 0.254 e. The number of nitrogens with one attached hydrogen (secondary N) is 1. The normalized spacial score (nSPS) is 11.1. The first-order chi connectivity index (χ1) is 18.4. The number of hydrogen-bond donors (Lipinski definition) is 1. The number of rotatable bonds is 11. The topological polar surface area (TPSA) is 65.6 Å². The fourth-order valence-corrected chi connectivity index (χ4v) is 4.89. The van der Waals surface area contributed by atoms with E-state index in [1.807, 2.05) is 80.4 Å². The zero-order chi connectivity index (χ0) is 27.1. The second-order valence-electron chi connectivity index (χ2n) is 9.54. The Labute approximate surface area is 232 Å². The summed E-state index contributed by atoms with van der Waals surface area (Å²) in [5.41, 5.74) is 3.81. The van der Waals surface area contributed by atoms with Gasteiger partial charge in [0.1, 0.15) is 12.3 Å². The number of amides is 2. The van der Waals surface area contributed by atoms with E-state index in [2.05, 4.69) is 33.0 Å². The molecule has 7 heteroatoms. The first-order valence-electron chi connectivity index (χ1n) is 13.0. The molecule has 198 valence electrons. The second-order valence-corrected chi connectivity index (χ2v) is 10.5. The van der Waals surface area contributed by atoms with Crippen LogP contribution in [0.25, 0.3) is 10.9 Å². The molecular formula is C31H34BrN3O3. The third-order valence-corrected chi connectivity index (χ3v) is 7.04. The molecule has 0 saturated carbocycles. The van der Waals surface area contributed by atoms with Crippen LogP contribution in [0.4, 0.5) is 0 Å². The minimum atomic E-state index is -0.160. The SMILES string of the molecule is CCOc1ccc(CN(CCc2c[nH]c3ccccc23)C(=O)CN(C(=O)c2cccc(Br)c2)C(C)C)cc1. The molecule has 0 aliphatic rings. The summed E-state index contributed by atoms with van der Waals surface area (Å²) >= 11 is 3.44. The molecule has 0 atom stereocenters. The van der Waals surface area contributed by atoms with Gasteiger partial charge >= 0.3 is 0 Å². The predicted octanol–water partition coefficient (Wildman–Crippen LogP) is 6.45. The van der Waals surface area contributed by atoms with Crippen molar-refractivity contribution in [2.24, 2.45) is 0 Å². The van der Waals surface area contributed by atoms with Crippen molar-refractivity contribution in [1.29, 1.82) is 0 Å². The van der Waals surface area contributed by atoms with Gasteiger partial charge in [0.2, 0.25) is 5.91 Å². The molecule has 0 unspecified atom stereocenters. The van der Waals surface area contributed by atoms with E-state index >= 15 is 0 Å². The Morgan fingerprint density at radius 1 is 1.00 bits per heavy atom. The molecule has 0 aliphatic carbocycles. The van der Waals surface area contributed by atoms with Crippen LogP contribution in [0.1, 0.15) is 42.3 Å². The van der Waals surface area contributed by atoms with E-state index in [1.165, 1.54) is 0 Å². The summed E-state index contributed by atoms with van der Waals surface area (Å²) in [6, 6.07) is 23.2. The highest BCUT2D eigenvalue weighted by Gasteiger charge is 2.25. The number of carbonyl (C=O) groups is 2. The average Bonchev–Trinajstić information content (AvgIpc) is 3.33. The molecule has 0 aliphatic heterocycles. The molecule has 3 aromatic carbocycles. The van der Waals surface area contributed by atoms with Crippen molar-refractivity contribution in [3.05, 3.63) is 100 Å². The molecule has 38 heavy (non-hydrogen) atoms. The summed E-state index contributed by atoms with van der Waals surface area (Å²) in [4.78, 5) is 33.9. The van der Waals surface area contributed by atoms with Gasteiger partial charge < -0.3 is 19.5 Å². The molecule has 0 fully saturated rings. The zero-order valence-corrected chi connectivity index (χ0v) is 23.7. The molecule has 4 aromatic rings. The van der Waals surface area contributed by atoms with Crippen molar-refractivity contribution < 1.29 is 14.3 Å². The first kappa shape index (κ1) is 27.5. The van der Waals surface area contributed by atoms with Crippen LogP contribution < -0.4 is 4.74 Å². The van der Waals surface area contributed by atoms with Crippen LogP contribution in [0.3, 0.4) is 0 Å². The summed E-state index contributed by atoms with van der Waals surface area (Å²) in [5.74, 6) is 0.557. The van der Waals surface area contributed by atoms with Gasteiger partial charge in [0.25, 0.3) is 5.91 Å². The van der Waals surface area contributed by atoms with Gasteiger partial charge in [-0.3, -0.25) is 9.59 Å². The quantitative estimate of drug-likeness (QED) is 0.223. The molecule has 0 bridgehead atoms. The van der Waals surface area contributed by atoms with Gasteiger partial charge in [-0.15, -0.1) is 0 Å². The number of benzene rings is 3. The van der Waals surface area contributed by atoms with E-state index in [0.29, 0.717) is 31.7 Å². The van der Waals surface area contributed by atoms with Crippen molar-refractivity contribution in [2.75, 3.05) is 19.7 Å². The maximum absolute atomic E-state index is 13.7. The van der Waals surface area contributed by atoms with E-state index in [-0.39, 0.29) is 24.4 Å². The van der Waals surface area contributed by atoms with Crippen LogP contribution in [0.2, 0.25) is 0 Å². The van der Waals surface area contributed by atoms with Crippen LogP contribution in [-0.4, -0.2) is 52.3 Å².